The number of aromatic nitrogens is 1. The zero-order valence-corrected chi connectivity index (χ0v) is 19.2. The second kappa shape index (κ2) is 9.00. The number of ketones is 1. The van der Waals surface area contributed by atoms with Crippen LogP contribution < -0.4 is 4.57 Å². The average molecular weight is 409 g/mol. The number of carbonyl (C=O) groups excluding carboxylic acids is 1. The van der Waals surface area contributed by atoms with Gasteiger partial charge in [0.15, 0.2) is 12.4 Å². The summed E-state index contributed by atoms with van der Waals surface area (Å²) in [6.07, 6.45) is 5.52. The highest BCUT2D eigenvalue weighted by atomic mass is 32.1. The van der Waals surface area contributed by atoms with E-state index < -0.39 is 6.04 Å². The number of pyridine rings is 1. The van der Waals surface area contributed by atoms with Crippen LogP contribution in [0.2, 0.25) is 0 Å². The van der Waals surface area contributed by atoms with Gasteiger partial charge >= 0.3 is 0 Å². The molecule has 1 atom stereocenters. The van der Waals surface area contributed by atoms with E-state index in [1.54, 1.807) is 6.08 Å². The molecule has 0 fully saturated rings. The largest absolute Gasteiger partial charge is 0.758 e. The maximum absolute atomic E-state index is 13.4. The van der Waals surface area contributed by atoms with Gasteiger partial charge in [-0.3, -0.25) is 4.79 Å². The summed E-state index contributed by atoms with van der Waals surface area (Å²) < 4.78 is 1.85. The number of Topliss-reactive ketones (excluding diaryl/α,β-unsaturated/α-hetero) is 1. The van der Waals surface area contributed by atoms with Crippen LogP contribution in [0.4, 0.5) is 0 Å². The van der Waals surface area contributed by atoms with Crippen LogP contribution in [0.25, 0.3) is 0 Å². The van der Waals surface area contributed by atoms with Crippen LogP contribution in [-0.2, 0) is 23.5 Å². The molecule has 0 radical (unpaired) electrons. The number of nitrogens with zero attached hydrogens (tertiary/aromatic N) is 2. The Morgan fingerprint density at radius 1 is 1.00 bits per heavy atom. The van der Waals surface area contributed by atoms with E-state index in [4.69, 9.17) is 12.6 Å². The van der Waals surface area contributed by atoms with Crippen molar-refractivity contribution in [3.8, 4) is 0 Å². The van der Waals surface area contributed by atoms with Crippen LogP contribution in [0.1, 0.15) is 69.1 Å². The third-order valence-electron chi connectivity index (χ3n) is 4.91. The van der Waals surface area contributed by atoms with E-state index >= 15 is 0 Å². The van der Waals surface area contributed by atoms with Crippen molar-refractivity contribution in [2.75, 3.05) is 6.54 Å². The third-order valence-corrected chi connectivity index (χ3v) is 5.26. The van der Waals surface area contributed by atoms with Gasteiger partial charge in [0.25, 0.3) is 0 Å². The summed E-state index contributed by atoms with van der Waals surface area (Å²) in [4.78, 5) is 17.8. The maximum Gasteiger partial charge on any atom is 0.237 e. The highest BCUT2D eigenvalue weighted by Crippen LogP contribution is 2.24. The van der Waals surface area contributed by atoms with Crippen LogP contribution in [-0.4, -0.2) is 17.4 Å². The van der Waals surface area contributed by atoms with Crippen molar-refractivity contribution in [1.82, 2.24) is 0 Å². The fourth-order valence-corrected chi connectivity index (χ4v) is 3.32. The molecule has 29 heavy (non-hydrogen) atoms. The smallest absolute Gasteiger partial charge is 0.237 e. The van der Waals surface area contributed by atoms with Gasteiger partial charge in [-0.25, -0.2) is 0 Å². The van der Waals surface area contributed by atoms with Crippen molar-refractivity contribution >= 4 is 23.5 Å². The summed E-state index contributed by atoms with van der Waals surface area (Å²) in [6.45, 7) is 17.0. The fourth-order valence-electron chi connectivity index (χ4n) is 3.02. The van der Waals surface area contributed by atoms with Gasteiger partial charge in [-0.15, -0.1) is 6.58 Å². The summed E-state index contributed by atoms with van der Waals surface area (Å²) in [5, 5.41) is 0.364. The molecule has 0 aliphatic rings. The Bertz CT molecular complexity index is 882. The predicted octanol–water partition coefficient (Wildman–Crippen LogP) is 5.12. The van der Waals surface area contributed by atoms with Gasteiger partial charge in [-0.2, -0.15) is 4.57 Å². The molecule has 0 saturated heterocycles. The second-order valence-electron chi connectivity index (χ2n) is 9.35. The van der Waals surface area contributed by atoms with E-state index in [1.165, 1.54) is 11.1 Å². The van der Waals surface area contributed by atoms with Crippen molar-refractivity contribution in [2.45, 2.75) is 58.4 Å². The summed E-state index contributed by atoms with van der Waals surface area (Å²) in [7, 11) is 0. The Morgan fingerprint density at radius 3 is 1.93 bits per heavy atom. The predicted molar refractivity (Wildman–Crippen MR) is 124 cm³/mol. The fraction of sp³-hybridized carbons (Fsp3) is 0.400. The Balaban J connectivity index is 2.45. The monoisotopic (exact) mass is 408 g/mol. The molecular weight excluding hydrogens is 376 g/mol. The molecule has 0 N–H and O–H groups in total. The number of aliphatic imine (C=N–C) groups is 1. The first-order valence-corrected chi connectivity index (χ1v) is 10.3. The number of benzene rings is 1. The number of hydrogen-bond acceptors (Lipinski definition) is 3. The minimum absolute atomic E-state index is 0.0348. The van der Waals surface area contributed by atoms with Crippen LogP contribution in [0.3, 0.4) is 0 Å². The van der Waals surface area contributed by atoms with Gasteiger partial charge in [-0.05, 0) is 27.0 Å². The third kappa shape index (κ3) is 5.83. The molecule has 0 saturated carbocycles. The molecule has 3 nitrogen and oxygen atoms in total. The second-order valence-corrected chi connectivity index (χ2v) is 9.76. The lowest BCUT2D eigenvalue weighted by molar-refractivity contribution is -0.692. The number of carbonyl (C=O) groups is 1. The average Bonchev–Trinajstić information content (AvgIpc) is 2.65. The van der Waals surface area contributed by atoms with E-state index in [1.807, 2.05) is 53.4 Å². The van der Waals surface area contributed by atoms with Crippen LogP contribution in [0.5, 0.6) is 0 Å². The van der Waals surface area contributed by atoms with Gasteiger partial charge < -0.3 is 17.6 Å². The van der Waals surface area contributed by atoms with Crippen LogP contribution in [0.15, 0.2) is 66.4 Å². The molecule has 0 unspecified atom stereocenters. The standard InChI is InChI=1S/C25H32N2OS/c1-8-15-26-23(29)21(27-16-13-20(14-17-27)25(5,6)7)22(28)18-9-11-19(12-10-18)24(2,3)4/h8-14,16-17,21H,1,15H2,2-7H3/t21-/m1/s1. The summed E-state index contributed by atoms with van der Waals surface area (Å²) >= 11 is 5.53. The molecule has 0 aliphatic heterocycles. The van der Waals surface area contributed by atoms with E-state index in [-0.39, 0.29) is 16.6 Å². The maximum atomic E-state index is 13.4. The van der Waals surface area contributed by atoms with Crippen LogP contribution in [0, 0.1) is 0 Å². The minimum atomic E-state index is -0.653. The first-order chi connectivity index (χ1) is 13.4. The Labute approximate surface area is 181 Å². The van der Waals surface area contributed by atoms with Crippen LogP contribution >= 0.6 is 0 Å². The van der Waals surface area contributed by atoms with Crippen molar-refractivity contribution in [2.24, 2.45) is 4.99 Å². The molecule has 1 heterocycles. The van der Waals surface area contributed by atoms with E-state index in [0.29, 0.717) is 17.2 Å². The van der Waals surface area contributed by atoms with Crippen molar-refractivity contribution in [1.29, 1.82) is 0 Å². The summed E-state index contributed by atoms with van der Waals surface area (Å²) in [6, 6.07) is 11.2. The van der Waals surface area contributed by atoms with Gasteiger partial charge in [0.2, 0.25) is 11.8 Å². The van der Waals surface area contributed by atoms with Crippen molar-refractivity contribution in [3.05, 3.63) is 78.1 Å². The quantitative estimate of drug-likeness (QED) is 0.166. The Morgan fingerprint density at radius 2 is 1.48 bits per heavy atom. The summed E-state index contributed by atoms with van der Waals surface area (Å²) in [5.74, 6) is -0.0585. The molecular formula is C25H32N2OS. The van der Waals surface area contributed by atoms with Crippen molar-refractivity contribution < 1.29 is 9.36 Å². The topological polar surface area (TPSA) is 33.3 Å². The molecule has 4 heteroatoms. The molecule has 0 spiro atoms. The zero-order chi connectivity index (χ0) is 21.8. The minimum Gasteiger partial charge on any atom is -0.758 e. The molecule has 1 aromatic heterocycles. The first-order valence-electron chi connectivity index (χ1n) is 9.93. The molecule has 0 bridgehead atoms. The lowest BCUT2D eigenvalue weighted by Gasteiger charge is -2.22. The lowest BCUT2D eigenvalue weighted by atomic mass is 9.86. The SMILES string of the molecule is C=CCN=C([S-])[C@@H](C(=O)c1ccc(C(C)(C)C)cc1)[n+]1ccc(C(C)(C)C)cc1. The van der Waals surface area contributed by atoms with Gasteiger partial charge in [0, 0.05) is 17.7 Å². The highest BCUT2D eigenvalue weighted by molar-refractivity contribution is 7.77. The normalized spacial score (nSPS) is 13.8. The zero-order valence-electron chi connectivity index (χ0n) is 18.4. The first kappa shape index (κ1) is 23.0. The Hall–Kier alpha value is -2.33. The molecule has 1 aromatic carbocycles. The molecule has 2 aromatic rings. The number of rotatable bonds is 6. The van der Waals surface area contributed by atoms with E-state index in [2.05, 4.69) is 53.1 Å². The summed E-state index contributed by atoms with van der Waals surface area (Å²) in [5.41, 5.74) is 3.09. The molecule has 0 amide bonds. The Kier molecular flexibility index (Phi) is 7.12. The van der Waals surface area contributed by atoms with E-state index in [0.717, 1.165) is 0 Å². The van der Waals surface area contributed by atoms with Gasteiger partial charge in [-0.1, -0.05) is 71.9 Å². The van der Waals surface area contributed by atoms with Gasteiger partial charge in [0.05, 0.1) is 6.54 Å². The molecule has 0 aliphatic carbocycles. The van der Waals surface area contributed by atoms with Gasteiger partial charge in [0.1, 0.15) is 0 Å². The van der Waals surface area contributed by atoms with E-state index in [9.17, 15) is 4.79 Å². The molecule has 154 valence electrons. The number of hydrogen-bond donors (Lipinski definition) is 0. The lowest BCUT2D eigenvalue weighted by Crippen LogP contribution is -2.48. The highest BCUT2D eigenvalue weighted by Gasteiger charge is 2.29. The van der Waals surface area contributed by atoms with Crippen molar-refractivity contribution in [3.63, 3.8) is 0 Å². The molecule has 2 rings (SSSR count).